The van der Waals surface area contributed by atoms with Gasteiger partial charge in [-0.15, -0.1) is 0 Å². The van der Waals surface area contributed by atoms with Crippen molar-refractivity contribution in [2.45, 2.75) is 156 Å². The Morgan fingerprint density at radius 3 is 0.893 bits per heavy atom. The lowest BCUT2D eigenvalue weighted by atomic mass is 9.86. The Hall–Kier alpha value is -2.79. The maximum absolute atomic E-state index is 14.4. The van der Waals surface area contributed by atoms with E-state index in [9.17, 15) is 9.59 Å². The predicted octanol–water partition coefficient (Wildman–Crippen LogP) is 12.1. The number of carbonyl (C=O) groups is 2. The zero-order valence-electron chi connectivity index (χ0n) is 37.7. The summed E-state index contributed by atoms with van der Waals surface area (Å²) >= 11 is 0. The Bertz CT molecular complexity index is 1840. The zero-order valence-corrected chi connectivity index (χ0v) is 41.7. The Labute approximate surface area is 344 Å². The lowest BCUT2D eigenvalue weighted by molar-refractivity contribution is 0.0590. The molecule has 0 fully saturated rings. The van der Waals surface area contributed by atoms with Crippen LogP contribution in [0.15, 0.2) is 48.5 Å². The number of ether oxygens (including phenoxy) is 2. The summed E-state index contributed by atoms with van der Waals surface area (Å²) in [4.78, 5) is 28.8. The van der Waals surface area contributed by atoms with Gasteiger partial charge in [0.2, 0.25) is 0 Å². The number of esters is 2. The second-order valence-electron chi connectivity index (χ2n) is 16.6. The Morgan fingerprint density at radius 1 is 0.393 bits per heavy atom. The van der Waals surface area contributed by atoms with Crippen molar-refractivity contribution in [3.8, 4) is 11.1 Å². The molecule has 0 aliphatic rings. The van der Waals surface area contributed by atoms with Crippen molar-refractivity contribution in [3.05, 3.63) is 59.7 Å². The van der Waals surface area contributed by atoms with Crippen LogP contribution in [-0.4, -0.2) is 58.5 Å². The summed E-state index contributed by atoms with van der Waals surface area (Å²) in [6.07, 6.45) is 0. The molecular formula is C48H74O4Si4. The minimum Gasteiger partial charge on any atom is -0.465 e. The summed E-state index contributed by atoms with van der Waals surface area (Å²) in [6.45, 7) is 28.4. The Balaban J connectivity index is 2.46. The van der Waals surface area contributed by atoms with E-state index >= 15 is 0 Å². The van der Waals surface area contributed by atoms with Gasteiger partial charge in [-0.3, -0.25) is 0 Å². The van der Waals surface area contributed by atoms with E-state index in [1.807, 2.05) is 0 Å². The van der Waals surface area contributed by atoms with Crippen molar-refractivity contribution in [3.63, 3.8) is 0 Å². The highest BCUT2D eigenvalue weighted by Crippen LogP contribution is 2.42. The first-order valence-electron chi connectivity index (χ1n) is 22.2. The summed E-state index contributed by atoms with van der Waals surface area (Å²) in [6, 6.07) is 32.7. The topological polar surface area (TPSA) is 52.6 Å². The molecule has 0 atom stereocenters. The van der Waals surface area contributed by atoms with Gasteiger partial charge in [-0.25, -0.2) is 9.59 Å². The smallest absolute Gasteiger partial charge is 0.338 e. The maximum atomic E-state index is 14.4. The normalized spacial score (nSPS) is 12.8. The number of hydrogen-bond acceptors (Lipinski definition) is 4. The molecule has 8 heteroatoms. The molecule has 0 N–H and O–H groups in total. The van der Waals surface area contributed by atoms with Gasteiger partial charge in [0.25, 0.3) is 0 Å². The van der Waals surface area contributed by atoms with E-state index in [0.29, 0.717) is 11.1 Å². The van der Waals surface area contributed by atoms with E-state index in [1.165, 1.54) is 82.0 Å². The maximum Gasteiger partial charge on any atom is 0.338 e. The summed E-state index contributed by atoms with van der Waals surface area (Å²) in [7, 11) is -4.61. The van der Waals surface area contributed by atoms with Crippen molar-refractivity contribution < 1.29 is 19.1 Å². The molecule has 56 heavy (non-hydrogen) atoms. The molecule has 4 aromatic rings. The monoisotopic (exact) mass is 826 g/mol. The third-order valence-corrected chi connectivity index (χ3v) is 38.3. The van der Waals surface area contributed by atoms with Crippen molar-refractivity contribution in [2.24, 2.45) is 0 Å². The highest BCUT2D eigenvalue weighted by Gasteiger charge is 2.39. The van der Waals surface area contributed by atoms with Crippen LogP contribution in [0.25, 0.3) is 32.7 Å². The largest absolute Gasteiger partial charge is 0.465 e. The van der Waals surface area contributed by atoms with Gasteiger partial charge in [0.1, 0.15) is 0 Å². The second-order valence-corrected chi connectivity index (χ2v) is 37.5. The van der Waals surface area contributed by atoms with E-state index in [-0.39, 0.29) is 11.9 Å². The average molecular weight is 827 g/mol. The van der Waals surface area contributed by atoms with Gasteiger partial charge >= 0.3 is 11.9 Å². The minimum absolute atomic E-state index is 0.351. The minimum atomic E-state index is -2.04. The molecular weight excluding hydrogens is 753 g/mol. The van der Waals surface area contributed by atoms with Crippen molar-refractivity contribution in [1.29, 1.82) is 0 Å². The van der Waals surface area contributed by atoms with E-state index < -0.39 is 32.3 Å². The third kappa shape index (κ3) is 7.50. The van der Waals surface area contributed by atoms with Crippen LogP contribution in [0, 0.1) is 0 Å². The van der Waals surface area contributed by atoms with Crippen LogP contribution in [0.1, 0.15) is 104 Å². The van der Waals surface area contributed by atoms with Crippen LogP contribution < -0.4 is 20.7 Å². The number of benzene rings is 4. The Kier molecular flexibility index (Phi) is 15.5. The van der Waals surface area contributed by atoms with Gasteiger partial charge in [-0.1, -0.05) is 213 Å². The molecule has 0 spiro atoms. The molecule has 306 valence electrons. The number of carbonyl (C=O) groups excluding carboxylic acids is 2. The van der Waals surface area contributed by atoms with Crippen LogP contribution >= 0.6 is 0 Å². The summed E-state index contributed by atoms with van der Waals surface area (Å²) in [5.41, 5.74) is 2.76. The van der Waals surface area contributed by atoms with Crippen LogP contribution in [-0.2, 0) is 9.47 Å². The standard InChI is InChI=1S/C48H74O4Si4/c1-15-53(16-2,17-3)35-27-29-37-39(31-35)43(55(21-7,22-8)23-9)33-41(47(49)51-13)45(37)46-38-30-28-36(54(18-4,19-5)20-6)32-40(38)44(34-42(46)48(50)52-14)56(24-10,25-11)26-12/h27-34H,15-26H2,1-14H3. The summed E-state index contributed by atoms with van der Waals surface area (Å²) < 4.78 is 11.4. The number of hydrogen-bond donors (Lipinski definition) is 0. The van der Waals surface area contributed by atoms with Gasteiger partial charge in [-0.2, -0.15) is 0 Å². The van der Waals surface area contributed by atoms with E-state index in [0.717, 1.165) is 58.2 Å². The lowest BCUT2D eigenvalue weighted by Gasteiger charge is -2.35. The predicted molar refractivity (Wildman–Crippen MR) is 257 cm³/mol. The molecule has 0 saturated carbocycles. The van der Waals surface area contributed by atoms with Crippen LogP contribution in [0.3, 0.4) is 0 Å². The molecule has 4 rings (SSSR count). The van der Waals surface area contributed by atoms with Crippen molar-refractivity contribution in [1.82, 2.24) is 0 Å². The van der Waals surface area contributed by atoms with E-state index in [1.54, 1.807) is 0 Å². The van der Waals surface area contributed by atoms with E-state index in [4.69, 9.17) is 9.47 Å². The fourth-order valence-corrected chi connectivity index (χ4v) is 25.8. The lowest BCUT2D eigenvalue weighted by Crippen LogP contribution is -2.49. The summed E-state index contributed by atoms with van der Waals surface area (Å²) in [5.74, 6) is -0.701. The second kappa shape index (κ2) is 18.9. The first-order chi connectivity index (χ1) is 26.8. The van der Waals surface area contributed by atoms with Crippen LogP contribution in [0.2, 0.25) is 72.5 Å². The third-order valence-electron chi connectivity index (χ3n) is 15.8. The van der Waals surface area contributed by atoms with Gasteiger partial charge in [0.05, 0.1) is 57.6 Å². The van der Waals surface area contributed by atoms with Crippen molar-refractivity contribution >= 4 is 86.5 Å². The fraction of sp³-hybridized carbons (Fsp3) is 0.542. The molecule has 0 saturated heterocycles. The number of methoxy groups -OCH3 is 2. The molecule has 4 nitrogen and oxygen atoms in total. The van der Waals surface area contributed by atoms with Gasteiger partial charge in [0.15, 0.2) is 0 Å². The molecule has 0 unspecified atom stereocenters. The Morgan fingerprint density at radius 2 is 0.661 bits per heavy atom. The van der Waals surface area contributed by atoms with Crippen molar-refractivity contribution in [2.75, 3.05) is 14.2 Å². The van der Waals surface area contributed by atoms with Gasteiger partial charge in [0, 0.05) is 11.1 Å². The zero-order chi connectivity index (χ0) is 41.6. The highest BCUT2D eigenvalue weighted by atomic mass is 28.3. The molecule has 0 bridgehead atoms. The fourth-order valence-electron chi connectivity index (χ4n) is 10.8. The number of rotatable bonds is 19. The van der Waals surface area contributed by atoms with Gasteiger partial charge < -0.3 is 9.47 Å². The summed E-state index contributed by atoms with van der Waals surface area (Å²) in [5, 5.41) is 10.4. The highest BCUT2D eigenvalue weighted by molar-refractivity contribution is 6.95. The first-order valence-corrected chi connectivity index (χ1v) is 32.7. The van der Waals surface area contributed by atoms with Gasteiger partial charge in [-0.05, 0) is 33.7 Å². The van der Waals surface area contributed by atoms with Crippen LogP contribution in [0.5, 0.6) is 0 Å². The molecule has 0 amide bonds. The molecule has 0 radical (unpaired) electrons. The number of fused-ring (bicyclic) bond motifs is 2. The SMILES string of the molecule is CC[Si](CC)(CC)c1ccc2c(-c3c(C(=O)OC)cc([Si](CC)(CC)CC)c4cc([Si](CC)(CC)CC)ccc34)c(C(=O)OC)cc([Si](CC)(CC)CC)c2c1. The van der Waals surface area contributed by atoms with Crippen LogP contribution in [0.4, 0.5) is 0 Å². The van der Waals surface area contributed by atoms with E-state index in [2.05, 4.69) is 132 Å². The quantitative estimate of drug-likeness (QED) is 0.0698. The molecule has 0 heterocycles. The average Bonchev–Trinajstić information content (AvgIpc) is 3.25. The molecule has 0 aliphatic heterocycles. The molecule has 4 aromatic carbocycles. The molecule has 0 aliphatic carbocycles. The molecule has 0 aromatic heterocycles. The first kappa shape index (κ1) is 45.9.